The van der Waals surface area contributed by atoms with Gasteiger partial charge in [-0.15, -0.1) is 0 Å². The van der Waals surface area contributed by atoms with Crippen molar-refractivity contribution in [2.24, 2.45) is 34.5 Å². The summed E-state index contributed by atoms with van der Waals surface area (Å²) < 4.78 is 22.7. The van der Waals surface area contributed by atoms with Crippen molar-refractivity contribution in [3.8, 4) is 0 Å². The van der Waals surface area contributed by atoms with Crippen LogP contribution >= 0.6 is 0 Å². The number of rotatable bonds is 4. The molecular weight excluding hydrogens is 504 g/mol. The van der Waals surface area contributed by atoms with Crippen LogP contribution in [0.1, 0.15) is 72.1 Å². The third kappa shape index (κ3) is 4.09. The summed E-state index contributed by atoms with van der Waals surface area (Å²) >= 11 is 0. The molecule has 2 aliphatic heterocycles. The van der Waals surface area contributed by atoms with Crippen LogP contribution in [-0.2, 0) is 23.7 Å². The molecule has 14 atom stereocenters. The number of aliphatic hydroxyl groups excluding tert-OH is 3. The van der Waals surface area contributed by atoms with Crippen molar-refractivity contribution in [1.82, 2.24) is 0 Å². The van der Waals surface area contributed by atoms with E-state index in [1.165, 1.54) is 13.2 Å². The topological polar surface area (TPSA) is 135 Å². The first-order chi connectivity index (χ1) is 18.4. The molecule has 6 rings (SSSR count). The highest BCUT2D eigenvalue weighted by molar-refractivity contribution is 5.85. The van der Waals surface area contributed by atoms with Crippen LogP contribution in [0.5, 0.6) is 0 Å². The lowest BCUT2D eigenvalue weighted by molar-refractivity contribution is -0.313. The first-order valence-corrected chi connectivity index (χ1v) is 14.9. The predicted molar refractivity (Wildman–Crippen MR) is 139 cm³/mol. The van der Waals surface area contributed by atoms with Gasteiger partial charge in [0.1, 0.15) is 24.9 Å². The van der Waals surface area contributed by atoms with E-state index in [9.17, 15) is 25.2 Å². The van der Waals surface area contributed by atoms with Crippen molar-refractivity contribution < 1.29 is 44.2 Å². The first kappa shape index (κ1) is 28.1. The third-order valence-corrected chi connectivity index (χ3v) is 12.3. The van der Waals surface area contributed by atoms with Gasteiger partial charge in [0.15, 0.2) is 6.29 Å². The van der Waals surface area contributed by atoms with Crippen LogP contribution in [0.15, 0.2) is 11.6 Å². The van der Waals surface area contributed by atoms with E-state index in [1.807, 2.05) is 0 Å². The second-order valence-corrected chi connectivity index (χ2v) is 13.9. The lowest BCUT2D eigenvalue weighted by Crippen LogP contribution is -2.62. The summed E-state index contributed by atoms with van der Waals surface area (Å²) in [6.45, 7) is 6.48. The van der Waals surface area contributed by atoms with Gasteiger partial charge in [0.25, 0.3) is 0 Å². The molecule has 4 N–H and O–H groups in total. The highest BCUT2D eigenvalue weighted by Gasteiger charge is 2.70. The average Bonchev–Trinajstić information content (AvgIpc) is 3.39. The number of hydrogen-bond donors (Lipinski definition) is 4. The van der Waals surface area contributed by atoms with E-state index < -0.39 is 47.8 Å². The Balaban J connectivity index is 1.17. The lowest BCUT2D eigenvalue weighted by Gasteiger charge is -2.63. The summed E-state index contributed by atoms with van der Waals surface area (Å²) in [6, 6.07) is 0. The van der Waals surface area contributed by atoms with Crippen molar-refractivity contribution in [2.45, 2.75) is 121 Å². The Labute approximate surface area is 230 Å². The van der Waals surface area contributed by atoms with E-state index in [-0.39, 0.29) is 35.9 Å². The summed E-state index contributed by atoms with van der Waals surface area (Å²) in [5.41, 5.74) is -0.601. The largest absolute Gasteiger partial charge is 0.458 e. The van der Waals surface area contributed by atoms with E-state index in [1.54, 1.807) is 6.92 Å². The molecule has 0 aromatic heterocycles. The number of carbonyl (C=O) groups is 1. The van der Waals surface area contributed by atoms with Gasteiger partial charge in [-0.1, -0.05) is 13.8 Å². The highest BCUT2D eigenvalue weighted by atomic mass is 16.7. The maximum Gasteiger partial charge on any atom is 0.331 e. The minimum Gasteiger partial charge on any atom is -0.458 e. The van der Waals surface area contributed by atoms with Crippen molar-refractivity contribution in [2.75, 3.05) is 13.7 Å². The number of esters is 1. The van der Waals surface area contributed by atoms with E-state index in [2.05, 4.69) is 13.8 Å². The molecule has 0 radical (unpaired) electrons. The molecule has 4 unspecified atom stereocenters. The molecule has 39 heavy (non-hydrogen) atoms. The predicted octanol–water partition coefficient (Wildman–Crippen LogP) is 2.08. The van der Waals surface area contributed by atoms with E-state index in [0.29, 0.717) is 18.3 Å². The third-order valence-electron chi connectivity index (χ3n) is 12.3. The SMILES string of the molecule is CO[C@H]1[C@H](O)[C@H](O[C@H]2CC[C@]3(C)C4CC[C@]5(C)C(C6=CC(=O)OC6)C(O)C[C@]5(O)C4CC[C@@H]3C2)O[C@@H](C)[C@H]1O. The van der Waals surface area contributed by atoms with Crippen molar-refractivity contribution in [3.63, 3.8) is 0 Å². The number of aliphatic hydroxyl groups is 4. The van der Waals surface area contributed by atoms with Gasteiger partial charge in [-0.2, -0.15) is 0 Å². The van der Waals surface area contributed by atoms with Gasteiger partial charge in [-0.25, -0.2) is 4.79 Å². The quantitative estimate of drug-likeness (QED) is 0.307. The average molecular weight is 551 g/mol. The van der Waals surface area contributed by atoms with Crippen LogP contribution in [0, 0.1) is 34.5 Å². The van der Waals surface area contributed by atoms with E-state index >= 15 is 0 Å². The maximum atomic E-state index is 12.4. The van der Waals surface area contributed by atoms with Crippen LogP contribution < -0.4 is 0 Å². The molecule has 0 aromatic rings. The van der Waals surface area contributed by atoms with Crippen LogP contribution in [-0.4, -0.2) is 88.6 Å². The summed E-state index contributed by atoms with van der Waals surface area (Å²) in [4.78, 5) is 11.8. The minimum absolute atomic E-state index is 0.0547. The Morgan fingerprint density at radius 3 is 2.49 bits per heavy atom. The molecule has 9 nitrogen and oxygen atoms in total. The fourth-order valence-corrected chi connectivity index (χ4v) is 10.2. The zero-order chi connectivity index (χ0) is 27.9. The van der Waals surface area contributed by atoms with E-state index in [0.717, 1.165) is 50.5 Å². The molecule has 0 amide bonds. The molecule has 5 fully saturated rings. The van der Waals surface area contributed by atoms with Crippen molar-refractivity contribution in [3.05, 3.63) is 11.6 Å². The highest BCUT2D eigenvalue weighted by Crippen LogP contribution is 2.70. The zero-order valence-corrected chi connectivity index (χ0v) is 23.6. The normalized spacial score (nSPS) is 55.3. The van der Waals surface area contributed by atoms with Gasteiger partial charge in [-0.3, -0.25) is 0 Å². The van der Waals surface area contributed by atoms with Crippen LogP contribution in [0.25, 0.3) is 0 Å². The number of cyclic esters (lactones) is 1. The molecule has 2 heterocycles. The van der Waals surface area contributed by atoms with Gasteiger partial charge >= 0.3 is 5.97 Å². The van der Waals surface area contributed by atoms with Gasteiger partial charge in [0.2, 0.25) is 0 Å². The van der Waals surface area contributed by atoms with Gasteiger partial charge in [0, 0.05) is 30.9 Å². The molecule has 0 aromatic carbocycles. The van der Waals surface area contributed by atoms with Gasteiger partial charge < -0.3 is 39.4 Å². The molecular formula is C30H46O9. The fraction of sp³-hybridized carbons (Fsp3) is 0.900. The van der Waals surface area contributed by atoms with Crippen molar-refractivity contribution >= 4 is 5.97 Å². The van der Waals surface area contributed by atoms with Gasteiger partial charge in [-0.05, 0) is 80.6 Å². The monoisotopic (exact) mass is 550 g/mol. The number of methoxy groups -OCH3 is 1. The summed E-state index contributed by atoms with van der Waals surface area (Å²) in [5.74, 6) is 0.260. The zero-order valence-electron chi connectivity index (χ0n) is 23.6. The first-order valence-electron chi connectivity index (χ1n) is 14.9. The second-order valence-electron chi connectivity index (χ2n) is 13.9. The van der Waals surface area contributed by atoms with Crippen LogP contribution in [0.3, 0.4) is 0 Å². The fourth-order valence-electron chi connectivity index (χ4n) is 10.2. The number of carbonyl (C=O) groups excluding carboxylic acids is 1. The molecule has 4 saturated carbocycles. The van der Waals surface area contributed by atoms with Crippen molar-refractivity contribution in [1.29, 1.82) is 0 Å². The van der Waals surface area contributed by atoms with Gasteiger partial charge in [0.05, 0.1) is 23.9 Å². The lowest BCUT2D eigenvalue weighted by atomic mass is 9.43. The van der Waals surface area contributed by atoms with Crippen LogP contribution in [0.4, 0.5) is 0 Å². The standard InChI is InChI=1S/C30H46O9/c1-15-24(33)26(36-4)25(34)27(38-15)39-18-7-9-28(2)17(12-18)5-6-20-19(28)8-10-29(3)23(16-11-22(32)37-14-16)21(31)13-30(20,29)35/h11,15,17-21,23-27,31,33-35H,5-10,12-14H2,1-4H3/t15-,17+,18-,19?,20?,21?,23?,24+,25-,26+,27-,28-,29+,30-/m0/s1. The summed E-state index contributed by atoms with van der Waals surface area (Å²) in [6.07, 6.45) is 3.40. The minimum atomic E-state index is -1.06. The Hall–Kier alpha value is -1.07. The summed E-state index contributed by atoms with van der Waals surface area (Å²) in [7, 11) is 1.48. The van der Waals surface area contributed by atoms with E-state index in [4.69, 9.17) is 18.9 Å². The Bertz CT molecular complexity index is 1000. The maximum absolute atomic E-state index is 12.4. The molecule has 0 bridgehead atoms. The summed E-state index contributed by atoms with van der Waals surface area (Å²) in [5, 5.41) is 44.7. The number of fused-ring (bicyclic) bond motifs is 5. The second kappa shape index (κ2) is 9.75. The molecule has 4 aliphatic carbocycles. The Kier molecular flexibility index (Phi) is 7.02. The number of hydrogen-bond acceptors (Lipinski definition) is 9. The smallest absolute Gasteiger partial charge is 0.331 e. The molecule has 220 valence electrons. The molecule has 6 aliphatic rings. The molecule has 9 heteroatoms. The molecule has 0 spiro atoms. The molecule has 1 saturated heterocycles. The Morgan fingerprint density at radius 1 is 1.03 bits per heavy atom. The van der Waals surface area contributed by atoms with Crippen LogP contribution in [0.2, 0.25) is 0 Å². The Morgan fingerprint density at radius 2 is 1.79 bits per heavy atom. The number of ether oxygens (including phenoxy) is 4.